The van der Waals surface area contributed by atoms with Crippen molar-refractivity contribution in [2.24, 2.45) is 5.73 Å². The molecule has 5 heteroatoms. The zero-order valence-corrected chi connectivity index (χ0v) is 13.5. The highest BCUT2D eigenvalue weighted by molar-refractivity contribution is 5.78. The van der Waals surface area contributed by atoms with Gasteiger partial charge in [-0.3, -0.25) is 4.79 Å². The fraction of sp³-hybridized carbons (Fsp3) is 0.500. The molecule has 0 aromatic rings. The number of allylic oxidation sites excluding steroid dienone is 1. The first-order valence-electron chi connectivity index (χ1n) is 8.25. The van der Waals surface area contributed by atoms with E-state index in [-0.39, 0.29) is 24.2 Å². The van der Waals surface area contributed by atoms with Crippen LogP contribution in [0.25, 0.3) is 0 Å². The van der Waals surface area contributed by atoms with Crippen LogP contribution < -0.4 is 11.1 Å². The second kappa shape index (κ2) is 8.70. The van der Waals surface area contributed by atoms with Gasteiger partial charge in [-0.2, -0.15) is 0 Å². The van der Waals surface area contributed by atoms with E-state index in [2.05, 4.69) is 18.0 Å². The van der Waals surface area contributed by atoms with Gasteiger partial charge in [-0.1, -0.05) is 30.4 Å². The van der Waals surface area contributed by atoms with E-state index in [9.17, 15) is 9.90 Å². The Kier molecular flexibility index (Phi) is 6.62. The lowest BCUT2D eigenvalue weighted by Gasteiger charge is -2.27. The molecule has 1 fully saturated rings. The van der Waals surface area contributed by atoms with Crippen molar-refractivity contribution in [3.63, 3.8) is 0 Å². The summed E-state index contributed by atoms with van der Waals surface area (Å²) in [7, 11) is 0. The predicted molar refractivity (Wildman–Crippen MR) is 92.3 cm³/mol. The number of amides is 1. The smallest absolute Gasteiger partial charge is 0.224 e. The summed E-state index contributed by atoms with van der Waals surface area (Å²) in [6.45, 7) is 4.53. The average Bonchev–Trinajstić information content (AvgIpc) is 2.94. The van der Waals surface area contributed by atoms with Gasteiger partial charge in [0.1, 0.15) is 6.23 Å². The summed E-state index contributed by atoms with van der Waals surface area (Å²) in [6, 6.07) is -0.0616. The Morgan fingerprint density at radius 2 is 2.43 bits per heavy atom. The number of nitrogens with two attached hydrogens (primary N) is 1. The highest BCUT2D eigenvalue weighted by atomic mass is 16.3. The standard InChI is InChI=1S/C18H27N3O2/c1-2-5-14(19)6-3-7-17(22)20-15-9-11-16(12-10-15)21-13-4-8-18(21)23/h2-3,6,9,11-12,14-15,18,23H,1,4-5,7-8,10,13,19H2,(H,20,22)/b6-3-. The van der Waals surface area contributed by atoms with Gasteiger partial charge in [-0.25, -0.2) is 0 Å². The Labute approximate surface area is 138 Å². The molecule has 1 aliphatic heterocycles. The van der Waals surface area contributed by atoms with Crippen LogP contribution in [-0.2, 0) is 4.79 Å². The lowest BCUT2D eigenvalue weighted by molar-refractivity contribution is -0.120. The van der Waals surface area contributed by atoms with Crippen molar-refractivity contribution in [3.8, 4) is 0 Å². The summed E-state index contributed by atoms with van der Waals surface area (Å²) in [5, 5.41) is 12.9. The molecular weight excluding hydrogens is 290 g/mol. The van der Waals surface area contributed by atoms with E-state index in [0.717, 1.165) is 31.5 Å². The van der Waals surface area contributed by atoms with E-state index in [0.29, 0.717) is 12.8 Å². The first kappa shape index (κ1) is 17.5. The molecule has 0 aromatic heterocycles. The topological polar surface area (TPSA) is 78.6 Å². The van der Waals surface area contributed by atoms with Crippen LogP contribution in [0.5, 0.6) is 0 Å². The highest BCUT2D eigenvalue weighted by Crippen LogP contribution is 2.23. The van der Waals surface area contributed by atoms with Crippen LogP contribution in [-0.4, -0.2) is 40.8 Å². The number of rotatable bonds is 7. The van der Waals surface area contributed by atoms with Crippen LogP contribution in [0.1, 0.15) is 32.1 Å². The van der Waals surface area contributed by atoms with Gasteiger partial charge in [0.05, 0.1) is 6.04 Å². The number of nitrogens with zero attached hydrogens (tertiary/aromatic N) is 1. The monoisotopic (exact) mass is 317 g/mol. The van der Waals surface area contributed by atoms with Gasteiger partial charge < -0.3 is 21.1 Å². The summed E-state index contributed by atoms with van der Waals surface area (Å²) in [6.07, 6.45) is 14.7. The number of nitrogens with one attached hydrogen (secondary N) is 1. The molecule has 3 unspecified atom stereocenters. The van der Waals surface area contributed by atoms with Crippen molar-refractivity contribution in [1.82, 2.24) is 10.2 Å². The van der Waals surface area contributed by atoms with Crippen molar-refractivity contribution in [1.29, 1.82) is 0 Å². The van der Waals surface area contributed by atoms with Crippen LogP contribution in [0.3, 0.4) is 0 Å². The van der Waals surface area contributed by atoms with Crippen molar-refractivity contribution in [2.45, 2.75) is 50.4 Å². The first-order chi connectivity index (χ1) is 11.1. The largest absolute Gasteiger partial charge is 0.374 e. The van der Waals surface area contributed by atoms with Crippen LogP contribution in [0.15, 0.2) is 48.7 Å². The Morgan fingerprint density at radius 1 is 1.61 bits per heavy atom. The third-order valence-electron chi connectivity index (χ3n) is 4.10. The molecule has 1 saturated heterocycles. The maximum atomic E-state index is 11.9. The van der Waals surface area contributed by atoms with E-state index in [1.54, 1.807) is 12.2 Å². The van der Waals surface area contributed by atoms with Gasteiger partial charge in [0.2, 0.25) is 5.91 Å². The molecule has 3 atom stereocenters. The van der Waals surface area contributed by atoms with Gasteiger partial charge in [0, 0.05) is 24.7 Å². The van der Waals surface area contributed by atoms with Gasteiger partial charge in [0.25, 0.3) is 0 Å². The van der Waals surface area contributed by atoms with Gasteiger partial charge in [0.15, 0.2) is 0 Å². The summed E-state index contributed by atoms with van der Waals surface area (Å²) >= 11 is 0. The van der Waals surface area contributed by atoms with Crippen LogP contribution in [0, 0.1) is 0 Å². The lowest BCUT2D eigenvalue weighted by atomic mass is 10.1. The SMILES string of the molecule is C=CCC(N)/C=C\CC(=O)NC1C=CC(N2CCCC2O)=CC1. The Bertz CT molecular complexity index is 510. The summed E-state index contributed by atoms with van der Waals surface area (Å²) in [5.41, 5.74) is 6.86. The molecule has 0 spiro atoms. The average molecular weight is 317 g/mol. The minimum atomic E-state index is -0.373. The molecular formula is C18H27N3O2. The molecule has 0 bridgehead atoms. The molecule has 4 N–H and O–H groups in total. The Morgan fingerprint density at radius 3 is 3.04 bits per heavy atom. The minimum absolute atomic E-state index is 0.0141. The number of aliphatic hydroxyl groups excluding tert-OH is 1. The maximum absolute atomic E-state index is 11.9. The minimum Gasteiger partial charge on any atom is -0.374 e. The number of hydrogen-bond acceptors (Lipinski definition) is 4. The molecule has 2 rings (SSSR count). The van der Waals surface area contributed by atoms with Crippen molar-refractivity contribution in [3.05, 3.63) is 48.7 Å². The summed E-state index contributed by atoms with van der Waals surface area (Å²) < 4.78 is 0. The number of hydrogen-bond donors (Lipinski definition) is 3. The first-order valence-corrected chi connectivity index (χ1v) is 8.25. The van der Waals surface area contributed by atoms with Gasteiger partial charge >= 0.3 is 0 Å². The van der Waals surface area contributed by atoms with Crippen LogP contribution in [0.2, 0.25) is 0 Å². The number of aliphatic hydroxyl groups is 1. The van der Waals surface area contributed by atoms with E-state index in [1.807, 2.05) is 23.1 Å². The quantitative estimate of drug-likeness (QED) is 0.623. The van der Waals surface area contributed by atoms with Crippen LogP contribution >= 0.6 is 0 Å². The molecule has 23 heavy (non-hydrogen) atoms. The molecule has 0 aromatic carbocycles. The Balaban J connectivity index is 1.73. The van der Waals surface area contributed by atoms with E-state index >= 15 is 0 Å². The van der Waals surface area contributed by atoms with Crippen molar-refractivity contribution >= 4 is 5.91 Å². The number of carbonyl (C=O) groups is 1. The third kappa shape index (κ3) is 5.37. The Hall–Kier alpha value is -1.85. The molecule has 0 saturated carbocycles. The molecule has 0 radical (unpaired) electrons. The maximum Gasteiger partial charge on any atom is 0.224 e. The lowest BCUT2D eigenvalue weighted by Crippen LogP contribution is -2.35. The summed E-state index contributed by atoms with van der Waals surface area (Å²) in [5.74, 6) is -0.0141. The molecule has 1 amide bonds. The molecule has 5 nitrogen and oxygen atoms in total. The molecule has 1 aliphatic carbocycles. The fourth-order valence-electron chi connectivity index (χ4n) is 2.87. The zero-order valence-electron chi connectivity index (χ0n) is 13.5. The summed E-state index contributed by atoms with van der Waals surface area (Å²) in [4.78, 5) is 13.9. The molecule has 1 heterocycles. The number of carbonyl (C=O) groups excluding carboxylic acids is 1. The van der Waals surface area contributed by atoms with E-state index in [4.69, 9.17) is 5.73 Å². The number of likely N-dealkylation sites (tertiary alicyclic amines) is 1. The second-order valence-corrected chi connectivity index (χ2v) is 6.03. The van der Waals surface area contributed by atoms with Gasteiger partial charge in [-0.05, 0) is 31.8 Å². The molecule has 126 valence electrons. The van der Waals surface area contributed by atoms with E-state index < -0.39 is 0 Å². The van der Waals surface area contributed by atoms with Crippen molar-refractivity contribution < 1.29 is 9.90 Å². The normalized spacial score (nSPS) is 25.5. The fourth-order valence-corrected chi connectivity index (χ4v) is 2.87. The highest BCUT2D eigenvalue weighted by Gasteiger charge is 2.24. The zero-order chi connectivity index (χ0) is 16.7. The predicted octanol–water partition coefficient (Wildman–Crippen LogP) is 1.58. The van der Waals surface area contributed by atoms with E-state index in [1.165, 1.54) is 0 Å². The van der Waals surface area contributed by atoms with Crippen LogP contribution in [0.4, 0.5) is 0 Å². The molecule has 2 aliphatic rings. The van der Waals surface area contributed by atoms with Crippen molar-refractivity contribution in [2.75, 3.05) is 6.54 Å². The third-order valence-corrected chi connectivity index (χ3v) is 4.10. The second-order valence-electron chi connectivity index (χ2n) is 6.03. The van der Waals surface area contributed by atoms with Gasteiger partial charge in [-0.15, -0.1) is 6.58 Å².